The van der Waals surface area contributed by atoms with E-state index in [2.05, 4.69) is 136 Å². The number of fused-ring (bicyclic) bond motifs is 3. The van der Waals surface area contributed by atoms with Gasteiger partial charge in [-0.2, -0.15) is 4.39 Å². The molecule has 3 aliphatic carbocycles. The molecule has 0 bridgehead atoms. The van der Waals surface area contributed by atoms with Crippen molar-refractivity contribution in [2.75, 3.05) is 13.2 Å². The highest BCUT2D eigenvalue weighted by Crippen LogP contribution is 2.34. The Bertz CT molecular complexity index is 3730. The highest BCUT2D eigenvalue weighted by atomic mass is 35.5. The van der Waals surface area contributed by atoms with E-state index < -0.39 is 40.7 Å². The van der Waals surface area contributed by atoms with Crippen molar-refractivity contribution in [3.8, 4) is 5.75 Å². The zero-order valence-corrected chi connectivity index (χ0v) is 63.3. The number of benzene rings is 8. The molecule has 2 heterocycles. The van der Waals surface area contributed by atoms with Crippen LogP contribution in [-0.2, 0) is 15.9 Å². The maximum Gasteiger partial charge on any atom is 0.201 e. The van der Waals surface area contributed by atoms with Gasteiger partial charge in [0.15, 0.2) is 41.1 Å². The Morgan fingerprint density at radius 1 is 0.380 bits per heavy atom. The van der Waals surface area contributed by atoms with E-state index in [1.807, 2.05) is 20.8 Å². The number of rotatable bonds is 0. The lowest BCUT2D eigenvalue weighted by Crippen LogP contribution is -2.27. The van der Waals surface area contributed by atoms with Gasteiger partial charge in [0.25, 0.3) is 0 Å². The van der Waals surface area contributed by atoms with E-state index >= 15 is 0 Å². The fourth-order valence-electron chi connectivity index (χ4n) is 11.1. The number of halogens is 10. The monoisotopic (exact) mass is 1410 g/mol. The molecule has 13 heteroatoms. The molecule has 0 aromatic heterocycles. The summed E-state index contributed by atoms with van der Waals surface area (Å²) in [4.78, 5) is 0. The van der Waals surface area contributed by atoms with Crippen molar-refractivity contribution in [2.45, 2.75) is 214 Å². The van der Waals surface area contributed by atoms with Crippen molar-refractivity contribution < 1.29 is 53.7 Å². The van der Waals surface area contributed by atoms with Crippen molar-refractivity contribution in [1.82, 2.24) is 0 Å². The minimum atomic E-state index is -1.11. The van der Waals surface area contributed by atoms with E-state index in [0.29, 0.717) is 45.9 Å². The molecule has 5 aliphatic rings. The molecular formula is C87H110ClF9O3. The van der Waals surface area contributed by atoms with E-state index in [0.717, 1.165) is 61.4 Å². The summed E-state index contributed by atoms with van der Waals surface area (Å²) in [5, 5.41) is 2.96. The number of aryl methyl sites for hydroxylation is 10. The molecule has 8 aromatic rings. The van der Waals surface area contributed by atoms with Crippen LogP contribution >= 0.6 is 11.6 Å². The number of ether oxygens (including phenoxy) is 3. The topological polar surface area (TPSA) is 27.7 Å². The van der Waals surface area contributed by atoms with Crippen molar-refractivity contribution in [3.05, 3.63) is 252 Å². The first-order valence-electron chi connectivity index (χ1n) is 35.4. The van der Waals surface area contributed by atoms with Crippen LogP contribution in [0.5, 0.6) is 5.75 Å². The molecule has 0 N–H and O–H groups in total. The molecule has 0 amide bonds. The first-order chi connectivity index (χ1) is 47.1. The predicted octanol–water partition coefficient (Wildman–Crippen LogP) is 27.3. The van der Waals surface area contributed by atoms with Gasteiger partial charge < -0.3 is 14.2 Å². The lowest BCUT2D eigenvalue weighted by Gasteiger charge is -2.24. The van der Waals surface area contributed by atoms with Gasteiger partial charge in [-0.05, 0) is 238 Å². The van der Waals surface area contributed by atoms with Gasteiger partial charge in [0, 0.05) is 12.3 Å². The van der Waals surface area contributed by atoms with Gasteiger partial charge in [-0.1, -0.05) is 203 Å². The van der Waals surface area contributed by atoms with Crippen LogP contribution < -0.4 is 4.74 Å². The van der Waals surface area contributed by atoms with Crippen molar-refractivity contribution in [3.63, 3.8) is 0 Å². The Hall–Kier alpha value is -6.86. The molecule has 2 aliphatic heterocycles. The predicted molar refractivity (Wildman–Crippen MR) is 400 cm³/mol. The van der Waals surface area contributed by atoms with E-state index in [-0.39, 0.29) is 45.8 Å². The first-order valence-corrected chi connectivity index (χ1v) is 35.8. The molecule has 100 heavy (non-hydrogen) atoms. The molecule has 0 spiro atoms. The second-order valence-corrected chi connectivity index (χ2v) is 28.7. The fourth-order valence-corrected chi connectivity index (χ4v) is 11.2. The van der Waals surface area contributed by atoms with E-state index in [1.165, 1.54) is 130 Å². The summed E-state index contributed by atoms with van der Waals surface area (Å²) in [6.07, 6.45) is 16.7. The minimum absolute atomic E-state index is 0.0196. The SMILES string of the molecule is CC1=C(F)CC(C)CC1.CC1=CCC(C)CC1.CC1CCC(C)CC1.CC1COC(C)OC1.Cc1cc2c(c(F)c1F)OC(C)CC2.Cc1cc2ccc(C)c(F)c2c(F)c1F.Cc1ccc(C)c(F)c1F.Cc1ccc(C)cc1.Cc1ccc2cc(C)ccc2c1.Fc1ccccc1Cl. The van der Waals surface area contributed by atoms with E-state index in [9.17, 15) is 39.5 Å². The zero-order valence-electron chi connectivity index (χ0n) is 62.6. The van der Waals surface area contributed by atoms with Gasteiger partial charge in [0.2, 0.25) is 5.82 Å². The normalized spacial score (nSPS) is 19.6. The van der Waals surface area contributed by atoms with Gasteiger partial charge in [-0.25, -0.2) is 35.1 Å². The van der Waals surface area contributed by atoms with Gasteiger partial charge in [-0.3, -0.25) is 0 Å². The standard InChI is InChI=1S/C12H9F3.C12H12.C11H12F2O.C8H8F2.C8H13F.C8H16.C8H14.C8H10.C6H4ClF.C6H12O2/c1-6-3-4-8-5-7(2)11(14)12(15)9(8)10(6)13;1-9-3-5-12-8-10(2)4-6-11(12)7-9;1-6-5-8-4-3-7(2)14-11(8)10(13)9(6)12;1-5-3-4-6(2)8(10)7(5)9;1-6-3-4-7(2)8(9)5-6;3*1-7-3-5-8(2)6-4-7;7-5-3-1-2-4-6(5)8;1-5-3-7-6(2)8-4-5/h3-5H,1-2H3;3-8H,1-2H3;5,7H,3-4H2,1-2H3;3-4H,1-2H3;6H,3-5H2,1-2H3;7-8H,3-6H2,1-2H3;3,8H,4-6H2,1-2H3;3-6H,1-2H3;1-4H;5-6H,3-4H2,1-2H3. The average molecular weight is 1410 g/mol. The van der Waals surface area contributed by atoms with Crippen LogP contribution in [0.15, 0.2) is 144 Å². The third-order valence-electron chi connectivity index (χ3n) is 18.2. The van der Waals surface area contributed by atoms with Crippen LogP contribution in [0.1, 0.15) is 189 Å². The Morgan fingerprint density at radius 2 is 0.830 bits per heavy atom. The van der Waals surface area contributed by atoms with Crippen molar-refractivity contribution in [1.29, 1.82) is 0 Å². The summed E-state index contributed by atoms with van der Waals surface area (Å²) < 4.78 is 133. The van der Waals surface area contributed by atoms with Crippen LogP contribution in [0.25, 0.3) is 21.5 Å². The molecule has 0 radical (unpaired) electrons. The zero-order chi connectivity index (χ0) is 74.5. The lowest BCUT2D eigenvalue weighted by molar-refractivity contribution is -0.187. The van der Waals surface area contributed by atoms with Gasteiger partial charge in [0.1, 0.15) is 11.6 Å². The lowest BCUT2D eigenvalue weighted by atomic mass is 9.84. The third-order valence-corrected chi connectivity index (χ3v) is 18.5. The maximum atomic E-state index is 13.6. The molecule has 2 fully saturated rings. The van der Waals surface area contributed by atoms with Crippen LogP contribution in [0, 0.1) is 138 Å². The summed E-state index contributed by atoms with van der Waals surface area (Å²) in [5.74, 6) is -1.89. The second-order valence-electron chi connectivity index (χ2n) is 28.3. The van der Waals surface area contributed by atoms with Crippen LogP contribution in [0.2, 0.25) is 5.02 Å². The van der Waals surface area contributed by atoms with Crippen LogP contribution in [0.4, 0.5) is 39.5 Å². The Labute approximate surface area is 598 Å². The summed E-state index contributed by atoms with van der Waals surface area (Å²) in [7, 11) is 0. The largest absolute Gasteiger partial charge is 0.487 e. The highest BCUT2D eigenvalue weighted by Gasteiger charge is 2.24. The highest BCUT2D eigenvalue weighted by molar-refractivity contribution is 6.30. The quantitative estimate of drug-likeness (QED) is 0.112. The van der Waals surface area contributed by atoms with Crippen LogP contribution in [-0.4, -0.2) is 25.6 Å². The minimum Gasteiger partial charge on any atom is -0.487 e. The maximum absolute atomic E-state index is 13.6. The summed E-state index contributed by atoms with van der Waals surface area (Å²) in [5.41, 5.74) is 10.2. The molecule has 1 saturated heterocycles. The molecule has 3 atom stereocenters. The van der Waals surface area contributed by atoms with Crippen molar-refractivity contribution in [2.24, 2.45) is 29.6 Å². The smallest absolute Gasteiger partial charge is 0.201 e. The van der Waals surface area contributed by atoms with Crippen LogP contribution in [0.3, 0.4) is 0 Å². The summed E-state index contributed by atoms with van der Waals surface area (Å²) >= 11 is 5.33. The molecule has 3 unspecified atom stereocenters. The van der Waals surface area contributed by atoms with Gasteiger partial charge in [0.05, 0.1) is 35.6 Å². The second kappa shape index (κ2) is 43.2. The molecule has 13 rings (SSSR count). The summed E-state index contributed by atoms with van der Waals surface area (Å²) in [6.45, 7) is 36.9. The first kappa shape index (κ1) is 85.6. The van der Waals surface area contributed by atoms with E-state index in [4.69, 9.17) is 25.8 Å². The number of hydrogen-bond donors (Lipinski definition) is 0. The number of hydrogen-bond acceptors (Lipinski definition) is 3. The molecular weight excluding hydrogens is 1300 g/mol. The third kappa shape index (κ3) is 29.6. The van der Waals surface area contributed by atoms with E-state index in [1.54, 1.807) is 55.0 Å². The Morgan fingerprint density at radius 3 is 1.28 bits per heavy atom. The molecule has 546 valence electrons. The number of allylic oxidation sites excluding steroid dienone is 4. The Kier molecular flexibility index (Phi) is 36.9. The molecule has 8 aromatic carbocycles. The van der Waals surface area contributed by atoms with Crippen molar-refractivity contribution >= 4 is 33.1 Å². The molecule has 1 saturated carbocycles. The Balaban J connectivity index is 0.000000238. The van der Waals surface area contributed by atoms with Gasteiger partial charge >= 0.3 is 0 Å². The average Bonchev–Trinajstić information content (AvgIpc) is 0.784. The van der Waals surface area contributed by atoms with Gasteiger partial charge in [-0.15, -0.1) is 0 Å². The fraction of sp³-hybridized carbons (Fsp3) is 0.448. The summed E-state index contributed by atoms with van der Waals surface area (Å²) in [6, 6.07) is 37.1. The molecule has 3 nitrogen and oxygen atoms in total.